The van der Waals surface area contributed by atoms with Crippen LogP contribution in [0.25, 0.3) is 10.9 Å². The largest absolute Gasteiger partial charge is 0.345 e. The molecule has 1 unspecified atom stereocenters. The van der Waals surface area contributed by atoms with E-state index in [9.17, 15) is 4.79 Å². The normalized spacial score (nSPS) is 12.5. The Labute approximate surface area is 127 Å². The minimum Gasteiger partial charge on any atom is -0.345 e. The van der Waals surface area contributed by atoms with Crippen molar-refractivity contribution in [3.63, 3.8) is 0 Å². The number of amides is 1. The number of carbonyl (C=O) groups excluding carboxylic acids is 1. The van der Waals surface area contributed by atoms with Crippen LogP contribution in [0.4, 0.5) is 0 Å². The zero-order valence-corrected chi connectivity index (χ0v) is 12.8. The molecule has 3 aromatic rings. The number of carbonyl (C=O) groups is 1. The van der Waals surface area contributed by atoms with Gasteiger partial charge in [0, 0.05) is 21.5 Å². The first-order valence-electron chi connectivity index (χ1n) is 7.00. The summed E-state index contributed by atoms with van der Waals surface area (Å²) in [5.41, 5.74) is 2.63. The molecule has 1 amide bonds. The van der Waals surface area contributed by atoms with E-state index in [0.717, 1.165) is 27.9 Å². The van der Waals surface area contributed by atoms with Gasteiger partial charge in [-0.3, -0.25) is 9.89 Å². The highest BCUT2D eigenvalue weighted by molar-refractivity contribution is 7.10. The van der Waals surface area contributed by atoms with Gasteiger partial charge < -0.3 is 5.32 Å². The van der Waals surface area contributed by atoms with E-state index in [-0.39, 0.29) is 11.9 Å². The first-order chi connectivity index (χ1) is 10.2. The van der Waals surface area contributed by atoms with Crippen LogP contribution in [0.3, 0.4) is 0 Å². The van der Waals surface area contributed by atoms with E-state index in [4.69, 9.17) is 0 Å². The number of fused-ring (bicyclic) bond motifs is 1. The summed E-state index contributed by atoms with van der Waals surface area (Å²) in [6.45, 7) is 4.07. The van der Waals surface area contributed by atoms with Crippen molar-refractivity contribution in [2.45, 2.75) is 26.3 Å². The van der Waals surface area contributed by atoms with E-state index < -0.39 is 0 Å². The summed E-state index contributed by atoms with van der Waals surface area (Å²) in [7, 11) is 0. The van der Waals surface area contributed by atoms with Gasteiger partial charge in [0.05, 0.1) is 11.6 Å². The van der Waals surface area contributed by atoms with Crippen molar-refractivity contribution < 1.29 is 4.79 Å². The van der Waals surface area contributed by atoms with Crippen LogP contribution in [0.2, 0.25) is 0 Å². The molecule has 0 saturated carbocycles. The summed E-state index contributed by atoms with van der Waals surface area (Å²) < 4.78 is 0. The molecule has 0 spiro atoms. The molecule has 0 saturated heterocycles. The Morgan fingerprint density at radius 2 is 2.29 bits per heavy atom. The van der Waals surface area contributed by atoms with Crippen LogP contribution in [-0.4, -0.2) is 16.1 Å². The molecule has 2 heterocycles. The predicted octanol–water partition coefficient (Wildman–Crippen LogP) is 3.68. The third kappa shape index (κ3) is 2.69. The number of thiophene rings is 1. The van der Waals surface area contributed by atoms with Crippen LogP contribution in [0.15, 0.2) is 35.7 Å². The van der Waals surface area contributed by atoms with E-state index >= 15 is 0 Å². The van der Waals surface area contributed by atoms with Crippen molar-refractivity contribution >= 4 is 28.1 Å². The van der Waals surface area contributed by atoms with Gasteiger partial charge in [0.25, 0.3) is 5.91 Å². The van der Waals surface area contributed by atoms with Gasteiger partial charge in [-0.25, -0.2) is 0 Å². The smallest absolute Gasteiger partial charge is 0.251 e. The number of rotatable bonds is 4. The Hall–Kier alpha value is -2.14. The van der Waals surface area contributed by atoms with Gasteiger partial charge in [0.15, 0.2) is 0 Å². The predicted molar refractivity (Wildman–Crippen MR) is 85.7 cm³/mol. The fourth-order valence-electron chi connectivity index (χ4n) is 2.36. The van der Waals surface area contributed by atoms with E-state index in [0.29, 0.717) is 5.56 Å². The number of aryl methyl sites for hydroxylation is 1. The Morgan fingerprint density at radius 1 is 1.43 bits per heavy atom. The fraction of sp³-hybridized carbons (Fsp3) is 0.250. The molecule has 0 aliphatic heterocycles. The van der Waals surface area contributed by atoms with Crippen LogP contribution in [0, 0.1) is 0 Å². The number of aromatic nitrogens is 2. The summed E-state index contributed by atoms with van der Waals surface area (Å²) in [5, 5.41) is 13.3. The lowest BCUT2D eigenvalue weighted by Crippen LogP contribution is -2.26. The zero-order valence-electron chi connectivity index (χ0n) is 12.0. The Bertz CT molecular complexity index is 761. The number of nitrogens with one attached hydrogen (secondary N) is 2. The second-order valence-corrected chi connectivity index (χ2v) is 5.98. The molecule has 0 bridgehead atoms. The van der Waals surface area contributed by atoms with Crippen molar-refractivity contribution in [2.24, 2.45) is 0 Å². The number of benzene rings is 1. The van der Waals surface area contributed by atoms with Gasteiger partial charge in [-0.15, -0.1) is 11.3 Å². The summed E-state index contributed by atoms with van der Waals surface area (Å²) in [4.78, 5) is 13.5. The van der Waals surface area contributed by atoms with Crippen molar-refractivity contribution in [2.75, 3.05) is 0 Å². The summed E-state index contributed by atoms with van der Waals surface area (Å²) >= 11 is 1.65. The van der Waals surface area contributed by atoms with Gasteiger partial charge in [-0.05, 0) is 43.0 Å². The first kappa shape index (κ1) is 13.8. The second-order valence-electron chi connectivity index (χ2n) is 5.00. The molecule has 2 aromatic heterocycles. The summed E-state index contributed by atoms with van der Waals surface area (Å²) in [6, 6.07) is 9.66. The van der Waals surface area contributed by atoms with E-state index in [2.05, 4.69) is 22.4 Å². The standard InChI is InChI=1S/C16H17N3OS/c1-3-13-12-9-11(6-7-14(12)19-18-13)16(20)17-10(2)15-5-4-8-21-15/h4-10H,3H2,1-2H3,(H,17,20)(H,18,19). The molecule has 108 valence electrons. The SMILES string of the molecule is CCc1[nH]nc2ccc(C(=O)NC(C)c3cccs3)cc12. The zero-order chi connectivity index (χ0) is 14.8. The molecule has 3 rings (SSSR count). The lowest BCUT2D eigenvalue weighted by atomic mass is 10.1. The number of hydrogen-bond acceptors (Lipinski definition) is 3. The minimum absolute atomic E-state index is 0.0168. The third-order valence-electron chi connectivity index (χ3n) is 3.57. The van der Waals surface area contributed by atoms with E-state index in [1.165, 1.54) is 0 Å². The number of nitrogens with zero attached hydrogens (tertiary/aromatic N) is 1. The molecule has 0 aliphatic rings. The van der Waals surface area contributed by atoms with Gasteiger partial charge in [-0.2, -0.15) is 5.10 Å². The minimum atomic E-state index is -0.0546. The number of aromatic amines is 1. The number of H-pyrrole nitrogens is 1. The second kappa shape index (κ2) is 5.69. The van der Waals surface area contributed by atoms with Crippen molar-refractivity contribution in [3.05, 3.63) is 51.8 Å². The fourth-order valence-corrected chi connectivity index (χ4v) is 3.10. The summed E-state index contributed by atoms with van der Waals surface area (Å²) in [6.07, 6.45) is 0.868. The average Bonchev–Trinajstić information content (AvgIpc) is 3.15. The highest BCUT2D eigenvalue weighted by Crippen LogP contribution is 2.21. The van der Waals surface area contributed by atoms with Gasteiger partial charge >= 0.3 is 0 Å². The molecular formula is C16H17N3OS. The molecule has 0 radical (unpaired) electrons. The maximum atomic E-state index is 12.4. The quantitative estimate of drug-likeness (QED) is 0.772. The van der Waals surface area contributed by atoms with Gasteiger partial charge in [0.1, 0.15) is 0 Å². The number of hydrogen-bond donors (Lipinski definition) is 2. The van der Waals surface area contributed by atoms with Crippen molar-refractivity contribution in [1.82, 2.24) is 15.5 Å². The van der Waals surface area contributed by atoms with Crippen molar-refractivity contribution in [1.29, 1.82) is 0 Å². The molecule has 4 nitrogen and oxygen atoms in total. The lowest BCUT2D eigenvalue weighted by molar-refractivity contribution is 0.0940. The van der Waals surface area contributed by atoms with Crippen LogP contribution >= 0.6 is 11.3 Å². The molecule has 0 fully saturated rings. The topological polar surface area (TPSA) is 57.8 Å². The molecule has 0 aliphatic carbocycles. The van der Waals surface area contributed by atoms with Crippen molar-refractivity contribution in [3.8, 4) is 0 Å². The highest BCUT2D eigenvalue weighted by Gasteiger charge is 2.13. The monoisotopic (exact) mass is 299 g/mol. The van der Waals surface area contributed by atoms with Crippen LogP contribution in [-0.2, 0) is 6.42 Å². The Kier molecular flexibility index (Phi) is 3.75. The molecular weight excluding hydrogens is 282 g/mol. The third-order valence-corrected chi connectivity index (χ3v) is 4.62. The van der Waals surface area contributed by atoms with Gasteiger partial charge in [-0.1, -0.05) is 13.0 Å². The molecule has 1 aromatic carbocycles. The molecule has 2 N–H and O–H groups in total. The maximum Gasteiger partial charge on any atom is 0.251 e. The summed E-state index contributed by atoms with van der Waals surface area (Å²) in [5.74, 6) is -0.0546. The van der Waals surface area contributed by atoms with E-state index in [1.54, 1.807) is 11.3 Å². The Balaban J connectivity index is 1.84. The van der Waals surface area contributed by atoms with Gasteiger partial charge in [0.2, 0.25) is 0 Å². The van der Waals surface area contributed by atoms with Crippen LogP contribution in [0.1, 0.15) is 40.8 Å². The Morgan fingerprint density at radius 3 is 3.00 bits per heavy atom. The molecule has 1 atom stereocenters. The average molecular weight is 299 g/mol. The molecule has 21 heavy (non-hydrogen) atoms. The van der Waals surface area contributed by atoms with Crippen LogP contribution < -0.4 is 5.32 Å². The maximum absolute atomic E-state index is 12.4. The first-order valence-corrected chi connectivity index (χ1v) is 7.88. The highest BCUT2D eigenvalue weighted by atomic mass is 32.1. The van der Waals surface area contributed by atoms with Crippen LogP contribution in [0.5, 0.6) is 0 Å². The molecule has 5 heteroatoms. The lowest BCUT2D eigenvalue weighted by Gasteiger charge is -2.12. The van der Waals surface area contributed by atoms with E-state index in [1.807, 2.05) is 42.6 Å².